The second-order valence-corrected chi connectivity index (χ2v) is 3.82. The maximum Gasteiger partial charge on any atom is 0.210 e. The molecule has 0 saturated carbocycles. The normalized spacial score (nSPS) is 10.3. The van der Waals surface area contributed by atoms with Crippen molar-refractivity contribution in [2.45, 2.75) is 6.92 Å². The highest BCUT2D eigenvalue weighted by atomic mass is 16.1. The van der Waals surface area contributed by atoms with Crippen LogP contribution in [0.25, 0.3) is 22.3 Å². The number of fused-ring (bicyclic) bond motifs is 1. The number of hydrogen-bond donors (Lipinski definition) is 2. The Bertz CT molecular complexity index is 733. The average Bonchev–Trinajstić information content (AvgIpc) is 2.84. The molecule has 2 heterocycles. The van der Waals surface area contributed by atoms with Crippen molar-refractivity contribution in [3.8, 4) is 11.4 Å². The monoisotopic (exact) mass is 245 g/mol. The van der Waals surface area contributed by atoms with E-state index in [1.54, 1.807) is 6.20 Å². The lowest BCUT2D eigenvalue weighted by atomic mass is 10.1. The molecule has 3 aromatic rings. The lowest BCUT2D eigenvalue weighted by Crippen LogP contribution is -2.07. The van der Waals surface area contributed by atoms with E-state index in [1.807, 2.05) is 25.1 Å². The van der Waals surface area contributed by atoms with Gasteiger partial charge in [0.1, 0.15) is 0 Å². The highest BCUT2D eigenvalue weighted by Crippen LogP contribution is 2.14. The lowest BCUT2D eigenvalue weighted by Gasteiger charge is -2.00. The van der Waals surface area contributed by atoms with Gasteiger partial charge < -0.3 is 10.5 Å². The van der Waals surface area contributed by atoms with Gasteiger partial charge in [-0.2, -0.15) is 5.21 Å². The maximum absolute atomic E-state index is 12.2. The SMILES string of the molecule is Cc1ccc2[nH]cc(-c3nn[nH]n3)c(=O)c2c1.O. The quantitative estimate of drug-likeness (QED) is 0.636. The van der Waals surface area contributed by atoms with Crippen LogP contribution < -0.4 is 5.43 Å². The van der Waals surface area contributed by atoms with E-state index >= 15 is 0 Å². The first-order valence-electron chi connectivity index (χ1n) is 5.11. The van der Waals surface area contributed by atoms with Crippen LogP contribution in [-0.2, 0) is 0 Å². The van der Waals surface area contributed by atoms with E-state index in [4.69, 9.17) is 0 Å². The maximum atomic E-state index is 12.2. The molecule has 0 fully saturated rings. The number of hydrogen-bond acceptors (Lipinski definition) is 4. The minimum Gasteiger partial charge on any atom is -0.412 e. The highest BCUT2D eigenvalue weighted by Gasteiger charge is 2.10. The number of pyridine rings is 1. The number of nitrogens with one attached hydrogen (secondary N) is 2. The molecule has 7 heteroatoms. The Balaban J connectivity index is 0.00000120. The van der Waals surface area contributed by atoms with Gasteiger partial charge in [0.05, 0.1) is 5.56 Å². The molecule has 0 atom stereocenters. The van der Waals surface area contributed by atoms with Crippen molar-refractivity contribution in [2.24, 2.45) is 0 Å². The van der Waals surface area contributed by atoms with Crippen molar-refractivity contribution in [3.63, 3.8) is 0 Å². The Morgan fingerprint density at radius 3 is 2.83 bits per heavy atom. The fraction of sp³-hybridized carbons (Fsp3) is 0.0909. The first-order valence-corrected chi connectivity index (χ1v) is 5.11. The third-order valence-corrected chi connectivity index (χ3v) is 2.62. The summed E-state index contributed by atoms with van der Waals surface area (Å²) in [5.41, 5.74) is 2.15. The van der Waals surface area contributed by atoms with E-state index in [9.17, 15) is 4.79 Å². The van der Waals surface area contributed by atoms with E-state index in [-0.39, 0.29) is 10.9 Å². The summed E-state index contributed by atoms with van der Waals surface area (Å²) in [5, 5.41) is 14.0. The Labute approximate surface area is 101 Å². The fourth-order valence-corrected chi connectivity index (χ4v) is 1.77. The Kier molecular flexibility index (Phi) is 2.90. The summed E-state index contributed by atoms with van der Waals surface area (Å²) < 4.78 is 0. The highest BCUT2D eigenvalue weighted by molar-refractivity contribution is 5.82. The molecule has 0 radical (unpaired) electrons. The van der Waals surface area contributed by atoms with E-state index in [2.05, 4.69) is 25.6 Å². The molecule has 1 aromatic carbocycles. The van der Waals surface area contributed by atoms with Crippen LogP contribution in [0.4, 0.5) is 0 Å². The second-order valence-electron chi connectivity index (χ2n) is 3.82. The topological polar surface area (TPSA) is 119 Å². The molecule has 7 nitrogen and oxygen atoms in total. The molecule has 0 amide bonds. The van der Waals surface area contributed by atoms with Crippen LogP contribution in [0.2, 0.25) is 0 Å². The Hall–Kier alpha value is -2.54. The summed E-state index contributed by atoms with van der Waals surface area (Å²) in [6.45, 7) is 1.94. The van der Waals surface area contributed by atoms with Crippen LogP contribution in [0.3, 0.4) is 0 Å². The zero-order valence-corrected chi connectivity index (χ0v) is 9.56. The van der Waals surface area contributed by atoms with Crippen LogP contribution in [0.5, 0.6) is 0 Å². The molecule has 0 unspecified atom stereocenters. The number of tetrazole rings is 1. The predicted molar refractivity (Wildman–Crippen MR) is 66.1 cm³/mol. The third kappa shape index (κ3) is 1.76. The number of aromatic nitrogens is 5. The van der Waals surface area contributed by atoms with Crippen LogP contribution in [-0.4, -0.2) is 31.1 Å². The van der Waals surface area contributed by atoms with Crippen LogP contribution in [0, 0.1) is 6.92 Å². The molecular weight excluding hydrogens is 234 g/mol. The minimum absolute atomic E-state index is 0. The molecule has 0 aliphatic carbocycles. The van der Waals surface area contributed by atoms with Gasteiger partial charge in [0.15, 0.2) is 0 Å². The van der Waals surface area contributed by atoms with Crippen molar-refractivity contribution in [1.29, 1.82) is 0 Å². The molecule has 0 aliphatic heterocycles. The first-order chi connectivity index (χ1) is 8.25. The summed E-state index contributed by atoms with van der Waals surface area (Å²) in [4.78, 5) is 15.3. The van der Waals surface area contributed by atoms with Gasteiger partial charge in [-0.15, -0.1) is 10.2 Å². The van der Waals surface area contributed by atoms with Gasteiger partial charge in [-0.3, -0.25) is 4.79 Å². The van der Waals surface area contributed by atoms with Crippen LogP contribution in [0.15, 0.2) is 29.2 Å². The smallest absolute Gasteiger partial charge is 0.210 e. The molecule has 18 heavy (non-hydrogen) atoms. The van der Waals surface area contributed by atoms with Crippen molar-refractivity contribution in [1.82, 2.24) is 25.6 Å². The minimum atomic E-state index is -0.0937. The van der Waals surface area contributed by atoms with Crippen molar-refractivity contribution in [2.75, 3.05) is 0 Å². The van der Waals surface area contributed by atoms with Crippen LogP contribution in [0.1, 0.15) is 5.56 Å². The molecule has 3 rings (SSSR count). The Morgan fingerprint density at radius 1 is 1.28 bits per heavy atom. The van der Waals surface area contributed by atoms with Crippen molar-refractivity contribution in [3.05, 3.63) is 40.2 Å². The molecule has 0 saturated heterocycles. The van der Waals surface area contributed by atoms with Gasteiger partial charge in [0, 0.05) is 17.1 Å². The molecular formula is C11H11N5O2. The summed E-state index contributed by atoms with van der Waals surface area (Å²) in [7, 11) is 0. The van der Waals surface area contributed by atoms with Gasteiger partial charge in [-0.25, -0.2) is 0 Å². The zero-order chi connectivity index (χ0) is 11.8. The van der Waals surface area contributed by atoms with E-state index in [1.165, 1.54) is 0 Å². The summed E-state index contributed by atoms with van der Waals surface area (Å²) >= 11 is 0. The summed E-state index contributed by atoms with van der Waals surface area (Å²) in [5.74, 6) is 0.301. The third-order valence-electron chi connectivity index (χ3n) is 2.62. The molecule has 4 N–H and O–H groups in total. The fourth-order valence-electron chi connectivity index (χ4n) is 1.77. The standard InChI is InChI=1S/C11H9N5O.H2O/c1-6-2-3-9-7(4-6)10(17)8(5-12-9)11-13-15-16-14-11;/h2-5H,1H3,(H,12,17)(H,13,14,15,16);1H2. The predicted octanol–water partition coefficient (Wildman–Crippen LogP) is 0.192. The van der Waals surface area contributed by atoms with Gasteiger partial charge in [0.25, 0.3) is 0 Å². The average molecular weight is 245 g/mol. The lowest BCUT2D eigenvalue weighted by molar-refractivity contribution is 0.824. The van der Waals surface area contributed by atoms with Gasteiger partial charge >= 0.3 is 0 Å². The van der Waals surface area contributed by atoms with E-state index in [0.717, 1.165) is 11.1 Å². The first kappa shape index (κ1) is 11.9. The Morgan fingerprint density at radius 2 is 2.11 bits per heavy atom. The number of H-pyrrole nitrogens is 2. The number of rotatable bonds is 1. The van der Waals surface area contributed by atoms with E-state index < -0.39 is 0 Å². The molecule has 0 spiro atoms. The summed E-state index contributed by atoms with van der Waals surface area (Å²) in [6.07, 6.45) is 1.60. The van der Waals surface area contributed by atoms with Gasteiger partial charge in [0.2, 0.25) is 11.3 Å². The van der Waals surface area contributed by atoms with Crippen molar-refractivity contribution >= 4 is 10.9 Å². The molecule has 92 valence electrons. The molecule has 0 bridgehead atoms. The molecule has 0 aliphatic rings. The second kappa shape index (κ2) is 4.38. The largest absolute Gasteiger partial charge is 0.412 e. The number of aryl methyl sites for hydroxylation is 1. The van der Waals surface area contributed by atoms with Crippen molar-refractivity contribution < 1.29 is 5.48 Å². The number of benzene rings is 1. The van der Waals surface area contributed by atoms with Gasteiger partial charge in [-0.1, -0.05) is 11.6 Å². The molecule has 2 aromatic heterocycles. The summed E-state index contributed by atoms with van der Waals surface area (Å²) in [6, 6.07) is 5.68. The van der Waals surface area contributed by atoms with Crippen LogP contribution >= 0.6 is 0 Å². The van der Waals surface area contributed by atoms with Gasteiger partial charge in [-0.05, 0) is 24.3 Å². The van der Waals surface area contributed by atoms with E-state index in [0.29, 0.717) is 16.8 Å². The number of nitrogens with zero attached hydrogens (tertiary/aromatic N) is 3. The zero-order valence-electron chi connectivity index (χ0n) is 9.56. The number of aromatic amines is 2.